The molecule has 0 radical (unpaired) electrons. The second-order valence-electron chi connectivity index (χ2n) is 7.01. The Bertz CT molecular complexity index is 1370. The molecule has 0 aromatic carbocycles. The maximum Gasteiger partial charge on any atom is 1.00 e. The predicted molar refractivity (Wildman–Crippen MR) is 152 cm³/mol. The Morgan fingerprint density at radius 2 is 1.38 bits per heavy atom. The molecule has 0 amide bonds. The van der Waals surface area contributed by atoms with Crippen LogP contribution in [0.2, 0.25) is 5.15 Å². The van der Waals surface area contributed by atoms with E-state index in [2.05, 4.69) is 31.3 Å². The first-order valence-corrected chi connectivity index (χ1v) is 16.8. The van der Waals surface area contributed by atoms with Crippen molar-refractivity contribution >= 4 is 55.4 Å². The fourth-order valence-electron chi connectivity index (χ4n) is 2.30. The van der Waals surface area contributed by atoms with Crippen LogP contribution in [0.3, 0.4) is 0 Å². The van der Waals surface area contributed by atoms with Crippen LogP contribution in [0.4, 0.5) is 8.78 Å². The van der Waals surface area contributed by atoms with E-state index in [1.165, 1.54) is 55.1 Å². The van der Waals surface area contributed by atoms with Crippen LogP contribution in [0.15, 0.2) is 38.3 Å². The van der Waals surface area contributed by atoms with Crippen LogP contribution in [-0.2, 0) is 32.1 Å². The molecule has 2 aromatic heterocycles. The van der Waals surface area contributed by atoms with Crippen molar-refractivity contribution in [1.82, 2.24) is 9.97 Å². The molecule has 0 aliphatic rings. The Morgan fingerprint density at radius 3 is 1.69 bits per heavy atom. The Labute approximate surface area is 267 Å². The predicted octanol–water partition coefficient (Wildman–Crippen LogP) is 2.26. The van der Waals surface area contributed by atoms with Gasteiger partial charge >= 0.3 is 29.6 Å². The van der Waals surface area contributed by atoms with Gasteiger partial charge < -0.3 is 17.7 Å². The van der Waals surface area contributed by atoms with E-state index < -0.39 is 41.6 Å². The van der Waals surface area contributed by atoms with E-state index in [1.54, 1.807) is 33.3 Å². The van der Waals surface area contributed by atoms with Crippen LogP contribution < -0.4 is 29.6 Å². The number of nitrogens with zero attached hydrogens (tertiary/aromatic N) is 6. The molecule has 4 unspecified atom stereocenters. The minimum absolute atomic E-state index is 0. The van der Waals surface area contributed by atoms with Crippen LogP contribution in [-0.4, -0.2) is 55.1 Å². The Kier molecular flexibility index (Phi) is 23.6. The molecule has 0 fully saturated rings. The third kappa shape index (κ3) is 15.0. The minimum Gasteiger partial charge on any atom is -0.796 e. The first-order valence-electron chi connectivity index (χ1n) is 10.4. The van der Waals surface area contributed by atoms with Gasteiger partial charge in [0.2, 0.25) is 12.4 Å². The maximum atomic E-state index is 13.5. The summed E-state index contributed by atoms with van der Waals surface area (Å²) in [5.41, 5.74) is 0.875. The van der Waals surface area contributed by atoms with Gasteiger partial charge in [-0.2, -0.15) is 16.8 Å². The van der Waals surface area contributed by atoms with Gasteiger partial charge in [-0.25, -0.2) is 27.2 Å². The summed E-state index contributed by atoms with van der Waals surface area (Å²) < 4.78 is 57.3. The summed E-state index contributed by atoms with van der Waals surface area (Å²) in [4.78, 5) is 7.54. The number of pyridine rings is 2. The number of thioether (sulfide) groups is 1. The van der Waals surface area contributed by atoms with E-state index in [0.29, 0.717) is 16.2 Å². The molecule has 1 N–H and O–H groups in total. The normalized spacial score (nSPS) is 14.0. The summed E-state index contributed by atoms with van der Waals surface area (Å²) in [6.07, 6.45) is 11.8. The molecule has 9 nitrogen and oxygen atoms in total. The number of aliphatic hydroxyl groups is 1. The molecule has 0 saturated carbocycles. The molecule has 212 valence electrons. The van der Waals surface area contributed by atoms with Crippen LogP contribution in [0.5, 0.6) is 0 Å². The number of halogens is 3. The molecule has 0 saturated heterocycles. The molecule has 0 bridgehead atoms. The molecule has 0 aliphatic carbocycles. The van der Waals surface area contributed by atoms with Gasteiger partial charge in [0.1, 0.15) is 5.03 Å². The van der Waals surface area contributed by atoms with Crippen molar-refractivity contribution in [2.24, 2.45) is 8.73 Å². The topological polar surface area (TPSA) is 152 Å². The first-order chi connectivity index (χ1) is 17.7. The van der Waals surface area contributed by atoms with Gasteiger partial charge in [0.25, 0.3) is 0 Å². The SMILES string of the molecule is CC(c1cnc(Cl)c(F)c1)S(C)(=O)=NC#N.CCO.CSc1ncc(C(C)S(C)(=O)=NC#N)cc1F.C[S-].[Na+]. The summed E-state index contributed by atoms with van der Waals surface area (Å²) >= 11 is 10.7. The molecule has 0 spiro atoms. The molecule has 2 aromatic rings. The van der Waals surface area contributed by atoms with E-state index in [4.69, 9.17) is 27.2 Å². The minimum atomic E-state index is -2.73. The van der Waals surface area contributed by atoms with Crippen molar-refractivity contribution in [2.75, 3.05) is 31.6 Å². The van der Waals surface area contributed by atoms with Crippen LogP contribution in [0.1, 0.15) is 42.4 Å². The van der Waals surface area contributed by atoms with Gasteiger partial charge in [-0.3, -0.25) is 0 Å². The second kappa shape index (κ2) is 21.7. The largest absolute Gasteiger partial charge is 1.00 e. The number of aromatic nitrogens is 2. The van der Waals surface area contributed by atoms with Crippen LogP contribution in [0, 0.1) is 34.5 Å². The van der Waals surface area contributed by atoms with Gasteiger partial charge in [0.05, 0.1) is 30.0 Å². The maximum absolute atomic E-state index is 13.5. The van der Waals surface area contributed by atoms with E-state index in [9.17, 15) is 17.2 Å². The molecular weight excluding hydrogens is 621 g/mol. The van der Waals surface area contributed by atoms with E-state index in [0.717, 1.165) is 6.07 Å². The number of rotatable bonds is 5. The molecule has 39 heavy (non-hydrogen) atoms. The summed E-state index contributed by atoms with van der Waals surface area (Å²) in [5, 5.41) is 23.3. The molecule has 2 heterocycles. The third-order valence-corrected chi connectivity index (χ3v) is 9.56. The second-order valence-corrected chi connectivity index (χ2v) is 13.4. The van der Waals surface area contributed by atoms with E-state index in [-0.39, 0.29) is 41.3 Å². The van der Waals surface area contributed by atoms with E-state index in [1.807, 2.05) is 0 Å². The molecule has 0 aliphatic heterocycles. The van der Waals surface area contributed by atoms with Crippen LogP contribution in [0.25, 0.3) is 0 Å². The fourth-order valence-corrected chi connectivity index (χ4v) is 4.72. The molecular formula is C22H30ClF2N6NaO3S4. The number of hydrogen-bond acceptors (Lipinski definition) is 11. The van der Waals surface area contributed by atoms with Gasteiger partial charge in [-0.15, -0.1) is 20.5 Å². The smallest absolute Gasteiger partial charge is 0.796 e. The summed E-state index contributed by atoms with van der Waals surface area (Å²) in [6.45, 7) is 5.16. The monoisotopic (exact) mass is 650 g/mol. The van der Waals surface area contributed by atoms with E-state index >= 15 is 0 Å². The van der Waals surface area contributed by atoms with Crippen molar-refractivity contribution in [3.05, 3.63) is 52.4 Å². The van der Waals surface area contributed by atoms with Crippen molar-refractivity contribution in [2.45, 2.75) is 36.3 Å². The molecule has 17 heteroatoms. The summed E-state index contributed by atoms with van der Waals surface area (Å²) in [5.74, 6) is -1.13. The Balaban J connectivity index is -0.000000558. The van der Waals surface area contributed by atoms with Gasteiger partial charge in [-0.1, -0.05) is 11.6 Å². The standard InChI is InChI=1S/C10H12FN3OS2.C9H9ClFN3OS.C2H6O.CH4S.Na/c1-7(17(3,15)14-6-12)8-4-9(11)10(16-2)13-5-8;1-6(16(2,15)14-5-12)7-3-8(11)9(10)13-4-7;1-2-3;1-2;/h4-5,7H,1-3H3;3-4,6H,1-2H3;3H,2H2,1H3;2H,1H3;/q;;;;+1/p-1. The average molecular weight is 651 g/mol. The Morgan fingerprint density at radius 1 is 1.03 bits per heavy atom. The zero-order chi connectivity index (χ0) is 30.1. The molecule has 2 rings (SSSR count). The van der Waals surface area contributed by atoms with Crippen molar-refractivity contribution in [3.63, 3.8) is 0 Å². The van der Waals surface area contributed by atoms with Gasteiger partial charge in [-0.05, 0) is 50.3 Å². The number of nitriles is 2. The first kappa shape index (κ1) is 42.5. The van der Waals surface area contributed by atoms with Crippen molar-refractivity contribution in [1.29, 1.82) is 10.5 Å². The van der Waals surface area contributed by atoms with Crippen molar-refractivity contribution in [3.8, 4) is 12.4 Å². The van der Waals surface area contributed by atoms with Crippen molar-refractivity contribution < 1.29 is 51.9 Å². The third-order valence-electron chi connectivity index (χ3n) is 4.53. The quantitative estimate of drug-likeness (QED) is 0.169. The van der Waals surface area contributed by atoms with Gasteiger partial charge in [0.15, 0.2) is 16.8 Å². The number of hydrogen-bond donors (Lipinski definition) is 1. The van der Waals surface area contributed by atoms with Gasteiger partial charge in [0, 0.05) is 31.5 Å². The molecule has 4 atom stereocenters. The zero-order valence-electron chi connectivity index (χ0n) is 22.9. The van der Waals surface area contributed by atoms with Crippen LogP contribution >= 0.6 is 23.4 Å². The average Bonchev–Trinajstić information content (AvgIpc) is 2.86. The zero-order valence-corrected chi connectivity index (χ0v) is 28.9. The summed E-state index contributed by atoms with van der Waals surface area (Å²) in [7, 11) is -5.43. The fraction of sp³-hybridized carbons (Fsp3) is 0.455. The Hall–Kier alpha value is -1.01. The number of aliphatic hydroxyl groups excluding tert-OH is 1. The summed E-state index contributed by atoms with van der Waals surface area (Å²) in [6, 6.07) is 2.44.